The van der Waals surface area contributed by atoms with Gasteiger partial charge in [-0.05, 0) is 41.4 Å². The molecule has 2 aliphatic rings. The van der Waals surface area contributed by atoms with Crippen LogP contribution in [0.3, 0.4) is 0 Å². The van der Waals surface area contributed by atoms with Gasteiger partial charge in [0.1, 0.15) is 0 Å². The van der Waals surface area contributed by atoms with E-state index in [1.807, 2.05) is 0 Å². The van der Waals surface area contributed by atoms with E-state index in [1.54, 1.807) is 0 Å². The quantitative estimate of drug-likeness (QED) is 0.803. The molecule has 17 heavy (non-hydrogen) atoms. The van der Waals surface area contributed by atoms with Crippen LogP contribution in [0.2, 0.25) is 5.02 Å². The second-order valence-corrected chi connectivity index (χ2v) is 6.18. The monoisotopic (exact) mass is 249 g/mol. The van der Waals surface area contributed by atoms with E-state index in [9.17, 15) is 0 Å². The normalized spacial score (nSPS) is 31.1. The first-order valence-corrected chi connectivity index (χ1v) is 7.04. The molecule has 0 aromatic heterocycles. The molecule has 1 aromatic rings. The van der Waals surface area contributed by atoms with Crippen LogP contribution >= 0.6 is 11.6 Å². The Bertz CT molecular complexity index is 454. The van der Waals surface area contributed by atoms with E-state index >= 15 is 0 Å². The van der Waals surface area contributed by atoms with Gasteiger partial charge in [0, 0.05) is 24.0 Å². The van der Waals surface area contributed by atoms with Gasteiger partial charge in [0.15, 0.2) is 0 Å². The Hall–Kier alpha value is -0.530. The lowest BCUT2D eigenvalue weighted by Gasteiger charge is -2.37. The first kappa shape index (κ1) is 11.6. The second kappa shape index (κ2) is 4.00. The summed E-state index contributed by atoms with van der Waals surface area (Å²) in [6.07, 6.45) is 3.45. The number of benzene rings is 1. The molecule has 3 rings (SSSR count). The fourth-order valence-corrected chi connectivity index (χ4v) is 3.97. The van der Waals surface area contributed by atoms with E-state index in [-0.39, 0.29) is 0 Å². The van der Waals surface area contributed by atoms with Crippen LogP contribution in [0.1, 0.15) is 42.9 Å². The van der Waals surface area contributed by atoms with Crippen molar-refractivity contribution >= 4 is 11.6 Å². The Labute approximate surface area is 109 Å². The predicted octanol–water partition coefficient (Wildman–Crippen LogP) is 3.54. The molecule has 0 saturated carbocycles. The van der Waals surface area contributed by atoms with Gasteiger partial charge in [-0.3, -0.25) is 0 Å². The largest absolute Gasteiger partial charge is 0.316 e. The second-order valence-electron chi connectivity index (χ2n) is 5.80. The molecule has 1 saturated heterocycles. The third kappa shape index (κ3) is 1.63. The summed E-state index contributed by atoms with van der Waals surface area (Å²) in [6, 6.07) is 4.56. The molecular formula is C15H20ClN. The molecule has 1 heterocycles. The molecule has 1 N–H and O–H groups in total. The van der Waals surface area contributed by atoms with Gasteiger partial charge < -0.3 is 5.32 Å². The molecule has 1 fully saturated rings. The van der Waals surface area contributed by atoms with Crippen molar-refractivity contribution in [1.29, 1.82) is 0 Å². The Morgan fingerprint density at radius 2 is 2.29 bits per heavy atom. The number of rotatable bonds is 1. The summed E-state index contributed by atoms with van der Waals surface area (Å²) >= 11 is 6.54. The highest BCUT2D eigenvalue weighted by Gasteiger charge is 2.43. The van der Waals surface area contributed by atoms with Crippen LogP contribution in [0.15, 0.2) is 12.1 Å². The molecule has 1 nitrogen and oxygen atoms in total. The standard InChI is InChI=1S/C15H20ClN/c1-3-10-4-5-11-12(14(10)16)6-7-15(2)9-17-8-13(11)15/h4-5,13,17H,3,6-9H2,1-2H3/t13-,15-/m0/s1. The van der Waals surface area contributed by atoms with Crippen LogP contribution in [0, 0.1) is 5.41 Å². The van der Waals surface area contributed by atoms with Crippen LogP contribution < -0.4 is 5.32 Å². The van der Waals surface area contributed by atoms with Crippen molar-refractivity contribution in [1.82, 2.24) is 5.32 Å². The minimum atomic E-state index is 0.448. The van der Waals surface area contributed by atoms with Crippen molar-refractivity contribution in [3.63, 3.8) is 0 Å². The summed E-state index contributed by atoms with van der Waals surface area (Å²) in [5.74, 6) is 0.662. The summed E-state index contributed by atoms with van der Waals surface area (Å²) in [5, 5.41) is 4.59. The smallest absolute Gasteiger partial charge is 0.0472 e. The van der Waals surface area contributed by atoms with Gasteiger partial charge >= 0.3 is 0 Å². The highest BCUT2D eigenvalue weighted by molar-refractivity contribution is 6.32. The topological polar surface area (TPSA) is 12.0 Å². The highest BCUT2D eigenvalue weighted by Crippen LogP contribution is 2.49. The van der Waals surface area contributed by atoms with Gasteiger partial charge in [0.25, 0.3) is 0 Å². The molecule has 0 spiro atoms. The molecule has 1 aromatic carbocycles. The average Bonchev–Trinajstić information content (AvgIpc) is 2.71. The van der Waals surface area contributed by atoms with Crippen molar-refractivity contribution in [2.75, 3.05) is 13.1 Å². The molecule has 1 aliphatic carbocycles. The van der Waals surface area contributed by atoms with Crippen LogP contribution in [0.5, 0.6) is 0 Å². The van der Waals surface area contributed by atoms with E-state index in [0.717, 1.165) is 31.0 Å². The molecule has 92 valence electrons. The lowest BCUT2D eigenvalue weighted by atomic mass is 9.67. The van der Waals surface area contributed by atoms with Gasteiger partial charge in [-0.2, -0.15) is 0 Å². The fourth-order valence-electron chi connectivity index (χ4n) is 3.57. The number of halogens is 1. The molecule has 2 heteroatoms. The number of fused-ring (bicyclic) bond motifs is 3. The van der Waals surface area contributed by atoms with Crippen molar-refractivity contribution in [2.24, 2.45) is 5.41 Å². The lowest BCUT2D eigenvalue weighted by Crippen LogP contribution is -2.30. The zero-order valence-corrected chi connectivity index (χ0v) is 11.4. The summed E-state index contributed by atoms with van der Waals surface area (Å²) in [4.78, 5) is 0. The van der Waals surface area contributed by atoms with Gasteiger partial charge in [-0.25, -0.2) is 0 Å². The molecular weight excluding hydrogens is 230 g/mol. The number of hydrogen-bond donors (Lipinski definition) is 1. The Balaban J connectivity index is 2.11. The van der Waals surface area contributed by atoms with Crippen LogP contribution in [0.25, 0.3) is 0 Å². The van der Waals surface area contributed by atoms with Gasteiger partial charge in [-0.1, -0.05) is 37.6 Å². The average molecular weight is 250 g/mol. The molecule has 1 aliphatic heterocycles. The minimum Gasteiger partial charge on any atom is -0.316 e. The minimum absolute atomic E-state index is 0.448. The van der Waals surface area contributed by atoms with Gasteiger partial charge in [0.05, 0.1) is 0 Å². The Morgan fingerprint density at radius 1 is 1.47 bits per heavy atom. The zero-order chi connectivity index (χ0) is 12.0. The predicted molar refractivity (Wildman–Crippen MR) is 72.9 cm³/mol. The summed E-state index contributed by atoms with van der Waals surface area (Å²) in [5.41, 5.74) is 4.69. The summed E-state index contributed by atoms with van der Waals surface area (Å²) < 4.78 is 0. The SMILES string of the molecule is CCc1ccc2c(c1Cl)CC[C@@]1(C)CNC[C@@H]21. The zero-order valence-electron chi connectivity index (χ0n) is 10.6. The molecule has 0 unspecified atom stereocenters. The van der Waals surface area contributed by atoms with Crippen LogP contribution in [-0.4, -0.2) is 13.1 Å². The van der Waals surface area contributed by atoms with E-state index in [2.05, 4.69) is 31.3 Å². The maximum absolute atomic E-state index is 6.54. The lowest BCUT2D eigenvalue weighted by molar-refractivity contribution is 0.277. The Morgan fingerprint density at radius 3 is 3.06 bits per heavy atom. The van der Waals surface area contributed by atoms with Crippen LogP contribution in [0.4, 0.5) is 0 Å². The first-order valence-electron chi connectivity index (χ1n) is 6.66. The summed E-state index contributed by atoms with van der Waals surface area (Å²) in [6.45, 7) is 6.87. The maximum atomic E-state index is 6.54. The molecule has 0 radical (unpaired) electrons. The maximum Gasteiger partial charge on any atom is 0.0472 e. The third-order valence-corrected chi connectivity index (χ3v) is 5.25. The van der Waals surface area contributed by atoms with Crippen molar-refractivity contribution in [2.45, 2.75) is 39.0 Å². The number of aryl methyl sites for hydroxylation is 1. The van der Waals surface area contributed by atoms with E-state index in [0.29, 0.717) is 11.3 Å². The van der Waals surface area contributed by atoms with E-state index < -0.39 is 0 Å². The third-order valence-electron chi connectivity index (χ3n) is 4.78. The van der Waals surface area contributed by atoms with Crippen LogP contribution in [-0.2, 0) is 12.8 Å². The number of nitrogens with one attached hydrogen (secondary N) is 1. The molecule has 0 amide bonds. The molecule has 2 atom stereocenters. The van der Waals surface area contributed by atoms with Crippen molar-refractivity contribution in [3.05, 3.63) is 33.8 Å². The summed E-state index contributed by atoms with van der Waals surface area (Å²) in [7, 11) is 0. The van der Waals surface area contributed by atoms with E-state index in [1.165, 1.54) is 23.1 Å². The van der Waals surface area contributed by atoms with E-state index in [4.69, 9.17) is 11.6 Å². The highest BCUT2D eigenvalue weighted by atomic mass is 35.5. The van der Waals surface area contributed by atoms with Crippen molar-refractivity contribution < 1.29 is 0 Å². The van der Waals surface area contributed by atoms with Crippen molar-refractivity contribution in [3.8, 4) is 0 Å². The van der Waals surface area contributed by atoms with Gasteiger partial charge in [0.2, 0.25) is 0 Å². The first-order chi connectivity index (χ1) is 8.15. The number of hydrogen-bond acceptors (Lipinski definition) is 1. The van der Waals surface area contributed by atoms with Gasteiger partial charge in [-0.15, -0.1) is 0 Å². The fraction of sp³-hybridized carbons (Fsp3) is 0.600. The molecule has 0 bridgehead atoms. The Kier molecular flexibility index (Phi) is 2.72.